The van der Waals surface area contributed by atoms with E-state index in [-0.39, 0.29) is 5.69 Å². The number of aromatic nitrogens is 2. The lowest BCUT2D eigenvalue weighted by Crippen LogP contribution is -2.25. The standard InChI is InChI=1S/C22H29N3OS/c1-3-4-5-6-7-10-13-23-21-17(2)14-25(22(26)24-21)15-18-16-27-20-12-9-8-11-19(18)20/h8-9,11-12,14,16H,3-7,10,13,15H2,1-2H3,(H,23,24,26). The summed E-state index contributed by atoms with van der Waals surface area (Å²) in [4.78, 5) is 16.8. The molecule has 1 N–H and O–H groups in total. The molecule has 0 amide bonds. The summed E-state index contributed by atoms with van der Waals surface area (Å²) in [5.41, 5.74) is 1.99. The molecular weight excluding hydrogens is 354 g/mol. The Bertz CT molecular complexity index is 929. The van der Waals surface area contributed by atoms with E-state index in [2.05, 4.69) is 34.7 Å². The van der Waals surface area contributed by atoms with Crippen molar-refractivity contribution in [3.05, 3.63) is 57.5 Å². The van der Waals surface area contributed by atoms with Gasteiger partial charge in [-0.25, -0.2) is 4.79 Å². The maximum Gasteiger partial charge on any atom is 0.349 e. The number of benzene rings is 1. The molecule has 0 fully saturated rings. The molecule has 0 spiro atoms. The predicted molar refractivity (Wildman–Crippen MR) is 116 cm³/mol. The number of anilines is 1. The van der Waals surface area contributed by atoms with Gasteiger partial charge in [0.05, 0.1) is 6.54 Å². The molecule has 2 aromatic heterocycles. The van der Waals surface area contributed by atoms with Crippen LogP contribution in [0.5, 0.6) is 0 Å². The Morgan fingerprint density at radius 1 is 1.11 bits per heavy atom. The Morgan fingerprint density at radius 3 is 2.74 bits per heavy atom. The zero-order valence-electron chi connectivity index (χ0n) is 16.3. The smallest absolute Gasteiger partial charge is 0.349 e. The van der Waals surface area contributed by atoms with Crippen LogP contribution < -0.4 is 11.0 Å². The van der Waals surface area contributed by atoms with Crippen LogP contribution in [0.2, 0.25) is 0 Å². The highest BCUT2D eigenvalue weighted by Crippen LogP contribution is 2.26. The summed E-state index contributed by atoms with van der Waals surface area (Å²) in [6.07, 6.45) is 9.48. The van der Waals surface area contributed by atoms with Crippen LogP contribution in [0.1, 0.15) is 56.6 Å². The maximum absolute atomic E-state index is 12.5. The molecule has 0 aliphatic heterocycles. The van der Waals surface area contributed by atoms with Crippen molar-refractivity contribution >= 4 is 27.2 Å². The fourth-order valence-corrected chi connectivity index (χ4v) is 4.30. The van der Waals surface area contributed by atoms with Crippen molar-refractivity contribution in [2.75, 3.05) is 11.9 Å². The third kappa shape index (κ3) is 5.19. The first-order valence-corrected chi connectivity index (χ1v) is 10.8. The highest BCUT2D eigenvalue weighted by Gasteiger charge is 2.09. The zero-order valence-corrected chi connectivity index (χ0v) is 17.1. The molecule has 4 nitrogen and oxygen atoms in total. The quantitative estimate of drug-likeness (QED) is 0.464. The van der Waals surface area contributed by atoms with E-state index in [1.54, 1.807) is 15.9 Å². The summed E-state index contributed by atoms with van der Waals surface area (Å²) < 4.78 is 2.96. The highest BCUT2D eigenvalue weighted by atomic mass is 32.1. The Balaban J connectivity index is 1.60. The van der Waals surface area contributed by atoms with E-state index in [4.69, 9.17) is 0 Å². The lowest BCUT2D eigenvalue weighted by atomic mass is 10.1. The van der Waals surface area contributed by atoms with E-state index in [0.717, 1.165) is 24.3 Å². The summed E-state index contributed by atoms with van der Waals surface area (Å²) in [5, 5.41) is 6.69. The van der Waals surface area contributed by atoms with E-state index in [1.165, 1.54) is 47.8 Å². The Morgan fingerprint density at radius 2 is 1.89 bits per heavy atom. The van der Waals surface area contributed by atoms with Crippen LogP contribution in [0.15, 0.2) is 40.6 Å². The molecule has 3 aromatic rings. The second-order valence-electron chi connectivity index (χ2n) is 7.13. The van der Waals surface area contributed by atoms with Crippen molar-refractivity contribution in [2.45, 2.75) is 58.9 Å². The number of hydrogen-bond donors (Lipinski definition) is 1. The lowest BCUT2D eigenvalue weighted by Gasteiger charge is -2.11. The number of rotatable bonds is 10. The number of nitrogens with zero attached hydrogens (tertiary/aromatic N) is 2. The minimum atomic E-state index is -0.193. The number of aryl methyl sites for hydroxylation is 1. The monoisotopic (exact) mass is 383 g/mol. The van der Waals surface area contributed by atoms with Gasteiger partial charge in [0.25, 0.3) is 0 Å². The molecule has 3 rings (SSSR count). The molecule has 144 valence electrons. The number of hydrogen-bond acceptors (Lipinski definition) is 4. The third-order valence-corrected chi connectivity index (χ3v) is 5.91. The Kier molecular flexibility index (Phi) is 7.04. The van der Waals surface area contributed by atoms with E-state index in [9.17, 15) is 4.79 Å². The first kappa shape index (κ1) is 19.6. The topological polar surface area (TPSA) is 46.9 Å². The maximum atomic E-state index is 12.5. The molecule has 0 bridgehead atoms. The van der Waals surface area contributed by atoms with Crippen LogP contribution in [0.3, 0.4) is 0 Å². The lowest BCUT2D eigenvalue weighted by molar-refractivity contribution is 0.616. The van der Waals surface area contributed by atoms with E-state index in [0.29, 0.717) is 6.54 Å². The summed E-state index contributed by atoms with van der Waals surface area (Å²) in [5.74, 6) is 0.722. The molecule has 5 heteroatoms. The second-order valence-corrected chi connectivity index (χ2v) is 8.05. The van der Waals surface area contributed by atoms with Gasteiger partial charge in [0, 0.05) is 23.0 Å². The van der Waals surface area contributed by atoms with Crippen LogP contribution in [0.25, 0.3) is 10.1 Å². The average Bonchev–Trinajstić information content (AvgIpc) is 3.07. The molecule has 0 saturated heterocycles. The highest BCUT2D eigenvalue weighted by molar-refractivity contribution is 7.17. The molecular formula is C22H29N3OS. The van der Waals surface area contributed by atoms with Crippen LogP contribution >= 0.6 is 11.3 Å². The van der Waals surface area contributed by atoms with E-state index < -0.39 is 0 Å². The largest absolute Gasteiger partial charge is 0.370 e. The van der Waals surface area contributed by atoms with Gasteiger partial charge in [-0.05, 0) is 35.7 Å². The molecule has 0 unspecified atom stereocenters. The van der Waals surface area contributed by atoms with Gasteiger partial charge in [-0.1, -0.05) is 57.2 Å². The first-order valence-electron chi connectivity index (χ1n) is 9.96. The Labute approximate surface area is 165 Å². The van der Waals surface area contributed by atoms with Crippen molar-refractivity contribution in [3.8, 4) is 0 Å². The molecule has 0 atom stereocenters. The van der Waals surface area contributed by atoms with Crippen LogP contribution in [0.4, 0.5) is 5.82 Å². The van der Waals surface area contributed by atoms with Crippen LogP contribution in [0, 0.1) is 6.92 Å². The number of thiophene rings is 1. The van der Waals surface area contributed by atoms with Crippen molar-refractivity contribution in [2.24, 2.45) is 0 Å². The molecule has 1 aromatic carbocycles. The first-order chi connectivity index (χ1) is 13.2. The average molecular weight is 384 g/mol. The number of unbranched alkanes of at least 4 members (excludes halogenated alkanes) is 5. The van der Waals surface area contributed by atoms with E-state index >= 15 is 0 Å². The minimum absolute atomic E-state index is 0.193. The van der Waals surface area contributed by atoms with Crippen LogP contribution in [-0.4, -0.2) is 16.1 Å². The predicted octanol–water partition coefficient (Wildman–Crippen LogP) is 5.59. The second kappa shape index (κ2) is 9.70. The van der Waals surface area contributed by atoms with Gasteiger partial charge >= 0.3 is 5.69 Å². The van der Waals surface area contributed by atoms with E-state index in [1.807, 2.05) is 25.3 Å². The molecule has 27 heavy (non-hydrogen) atoms. The van der Waals surface area contributed by atoms with Crippen molar-refractivity contribution in [1.82, 2.24) is 9.55 Å². The summed E-state index contributed by atoms with van der Waals surface area (Å²) in [6.45, 7) is 5.68. The number of nitrogens with one attached hydrogen (secondary N) is 1. The molecule has 2 heterocycles. The van der Waals surface area contributed by atoms with Gasteiger partial charge in [-0.2, -0.15) is 4.98 Å². The summed E-state index contributed by atoms with van der Waals surface area (Å²) in [6, 6.07) is 8.32. The molecule has 0 aliphatic carbocycles. The third-order valence-electron chi connectivity index (χ3n) is 4.90. The molecule has 0 aliphatic rings. The number of fused-ring (bicyclic) bond motifs is 1. The van der Waals surface area contributed by atoms with Gasteiger partial charge in [0.2, 0.25) is 0 Å². The fourth-order valence-electron chi connectivity index (χ4n) is 3.34. The minimum Gasteiger partial charge on any atom is -0.370 e. The molecule has 0 radical (unpaired) electrons. The zero-order chi connectivity index (χ0) is 19.1. The SMILES string of the molecule is CCCCCCCCNc1nc(=O)n(Cc2csc3ccccc23)cc1C. The van der Waals surface area contributed by atoms with Gasteiger partial charge in [-0.15, -0.1) is 11.3 Å². The van der Waals surface area contributed by atoms with Crippen LogP contribution in [-0.2, 0) is 6.54 Å². The molecule has 0 saturated carbocycles. The van der Waals surface area contributed by atoms with Crippen molar-refractivity contribution in [1.29, 1.82) is 0 Å². The summed E-state index contributed by atoms with van der Waals surface area (Å²) >= 11 is 1.72. The van der Waals surface area contributed by atoms with Gasteiger partial charge < -0.3 is 5.32 Å². The van der Waals surface area contributed by atoms with Gasteiger partial charge in [0.15, 0.2) is 0 Å². The normalized spacial score (nSPS) is 11.2. The van der Waals surface area contributed by atoms with Gasteiger partial charge in [-0.3, -0.25) is 4.57 Å². The van der Waals surface area contributed by atoms with Crippen molar-refractivity contribution < 1.29 is 0 Å². The summed E-state index contributed by atoms with van der Waals surface area (Å²) in [7, 11) is 0. The van der Waals surface area contributed by atoms with Gasteiger partial charge in [0.1, 0.15) is 5.82 Å². The fraction of sp³-hybridized carbons (Fsp3) is 0.455. The Hall–Kier alpha value is -2.14. The van der Waals surface area contributed by atoms with Crippen molar-refractivity contribution in [3.63, 3.8) is 0 Å².